The molecule has 1 amide bonds. The van der Waals surface area contributed by atoms with E-state index >= 15 is 0 Å². The number of aryl methyl sites for hydroxylation is 3. The zero-order chi connectivity index (χ0) is 14.0. The van der Waals surface area contributed by atoms with E-state index in [4.69, 9.17) is 0 Å². The van der Waals surface area contributed by atoms with Gasteiger partial charge in [0.15, 0.2) is 0 Å². The van der Waals surface area contributed by atoms with E-state index in [1.165, 1.54) is 22.3 Å². The Labute approximate surface area is 116 Å². The molecule has 0 aromatic heterocycles. The molecule has 0 bridgehead atoms. The molecule has 3 nitrogen and oxygen atoms in total. The Hall–Kier alpha value is -1.35. The molecule has 0 spiro atoms. The molecule has 1 aromatic rings. The summed E-state index contributed by atoms with van der Waals surface area (Å²) in [5.41, 5.74) is 5.11. The predicted molar refractivity (Wildman–Crippen MR) is 78.2 cm³/mol. The summed E-state index contributed by atoms with van der Waals surface area (Å²) in [6, 6.07) is 4.40. The van der Waals surface area contributed by atoms with Gasteiger partial charge in [-0.2, -0.15) is 0 Å². The summed E-state index contributed by atoms with van der Waals surface area (Å²) in [4.78, 5) is 14.2. The van der Waals surface area contributed by atoms with Crippen molar-refractivity contribution in [3.8, 4) is 0 Å². The standard InChI is InChI=1S/C16H24N2O/c1-11-8-12(2)14(13(3)9-11)10-18(4)16(19)15-6-5-7-17-15/h8-9,15,17H,5-7,10H2,1-4H3. The molecular formula is C16H24N2O. The topological polar surface area (TPSA) is 32.3 Å². The Kier molecular flexibility index (Phi) is 4.25. The van der Waals surface area contributed by atoms with Crippen LogP contribution in [0.3, 0.4) is 0 Å². The second kappa shape index (κ2) is 5.74. The molecule has 1 atom stereocenters. The molecule has 0 radical (unpaired) electrons. The van der Waals surface area contributed by atoms with Crippen molar-refractivity contribution in [1.82, 2.24) is 10.2 Å². The first-order chi connectivity index (χ1) is 8.99. The van der Waals surface area contributed by atoms with E-state index in [0.717, 1.165) is 19.4 Å². The maximum Gasteiger partial charge on any atom is 0.239 e. The number of likely N-dealkylation sites (N-methyl/N-ethyl adjacent to an activating group) is 1. The number of carbonyl (C=O) groups is 1. The van der Waals surface area contributed by atoms with Crippen LogP contribution in [0.2, 0.25) is 0 Å². The van der Waals surface area contributed by atoms with Crippen LogP contribution in [0.4, 0.5) is 0 Å². The van der Waals surface area contributed by atoms with Crippen molar-refractivity contribution in [2.24, 2.45) is 0 Å². The predicted octanol–water partition coefficient (Wildman–Crippen LogP) is 2.32. The van der Waals surface area contributed by atoms with Crippen molar-refractivity contribution >= 4 is 5.91 Å². The van der Waals surface area contributed by atoms with E-state index in [1.54, 1.807) is 0 Å². The van der Waals surface area contributed by atoms with Crippen molar-refractivity contribution < 1.29 is 4.79 Å². The van der Waals surface area contributed by atoms with Gasteiger partial charge in [-0.25, -0.2) is 0 Å². The quantitative estimate of drug-likeness (QED) is 0.904. The molecule has 1 aromatic carbocycles. The van der Waals surface area contributed by atoms with Crippen LogP contribution < -0.4 is 5.32 Å². The van der Waals surface area contributed by atoms with Gasteiger partial charge in [-0.15, -0.1) is 0 Å². The van der Waals surface area contributed by atoms with Crippen LogP contribution >= 0.6 is 0 Å². The van der Waals surface area contributed by atoms with E-state index in [0.29, 0.717) is 6.54 Å². The van der Waals surface area contributed by atoms with Gasteiger partial charge in [0, 0.05) is 13.6 Å². The third-order valence-electron chi connectivity index (χ3n) is 3.97. The highest BCUT2D eigenvalue weighted by Gasteiger charge is 2.25. The first-order valence-corrected chi connectivity index (χ1v) is 7.04. The van der Waals surface area contributed by atoms with Crippen molar-refractivity contribution in [3.63, 3.8) is 0 Å². The van der Waals surface area contributed by atoms with Crippen molar-refractivity contribution in [3.05, 3.63) is 34.4 Å². The molecule has 1 aliphatic rings. The average Bonchev–Trinajstić information content (AvgIpc) is 2.86. The van der Waals surface area contributed by atoms with E-state index in [-0.39, 0.29) is 11.9 Å². The fraction of sp³-hybridized carbons (Fsp3) is 0.562. The third kappa shape index (κ3) is 3.16. The normalized spacial score (nSPS) is 18.6. The number of rotatable bonds is 3. The highest BCUT2D eigenvalue weighted by Crippen LogP contribution is 2.19. The summed E-state index contributed by atoms with van der Waals surface area (Å²) < 4.78 is 0. The van der Waals surface area contributed by atoms with Gasteiger partial charge in [-0.3, -0.25) is 4.79 Å². The molecule has 104 valence electrons. The minimum Gasteiger partial charge on any atom is -0.340 e. The second-order valence-corrected chi connectivity index (χ2v) is 5.72. The van der Waals surface area contributed by atoms with E-state index in [2.05, 4.69) is 38.2 Å². The minimum atomic E-state index is 0.0241. The van der Waals surface area contributed by atoms with Crippen molar-refractivity contribution in [2.45, 2.75) is 46.2 Å². The molecule has 3 heteroatoms. The second-order valence-electron chi connectivity index (χ2n) is 5.72. The molecule has 1 saturated heterocycles. The van der Waals surface area contributed by atoms with Crippen LogP contribution in [0.25, 0.3) is 0 Å². The molecule has 1 heterocycles. The molecular weight excluding hydrogens is 236 g/mol. The van der Waals surface area contributed by atoms with Crippen LogP contribution in [0.1, 0.15) is 35.1 Å². The summed E-state index contributed by atoms with van der Waals surface area (Å²) in [6.45, 7) is 8.03. The first kappa shape index (κ1) is 14.1. The lowest BCUT2D eigenvalue weighted by molar-refractivity contribution is -0.132. The maximum atomic E-state index is 12.3. The molecule has 0 aliphatic carbocycles. The van der Waals surface area contributed by atoms with Crippen molar-refractivity contribution in [1.29, 1.82) is 0 Å². The molecule has 1 aliphatic heterocycles. The van der Waals surface area contributed by atoms with Crippen LogP contribution in [0.5, 0.6) is 0 Å². The van der Waals surface area contributed by atoms with Gasteiger partial charge in [0.1, 0.15) is 0 Å². The SMILES string of the molecule is Cc1cc(C)c(CN(C)C(=O)C2CCCN2)c(C)c1. The Bertz CT molecular complexity index is 453. The summed E-state index contributed by atoms with van der Waals surface area (Å²) >= 11 is 0. The Morgan fingerprint density at radius 1 is 1.32 bits per heavy atom. The van der Waals surface area contributed by atoms with Crippen LogP contribution in [0, 0.1) is 20.8 Å². The molecule has 19 heavy (non-hydrogen) atoms. The molecule has 1 N–H and O–H groups in total. The third-order valence-corrected chi connectivity index (χ3v) is 3.97. The fourth-order valence-corrected chi connectivity index (χ4v) is 2.94. The number of hydrogen-bond donors (Lipinski definition) is 1. The molecule has 2 rings (SSSR count). The monoisotopic (exact) mass is 260 g/mol. The smallest absolute Gasteiger partial charge is 0.239 e. The van der Waals surface area contributed by atoms with Crippen LogP contribution in [0.15, 0.2) is 12.1 Å². The molecule has 1 fully saturated rings. The number of nitrogens with one attached hydrogen (secondary N) is 1. The Morgan fingerprint density at radius 2 is 1.95 bits per heavy atom. The lowest BCUT2D eigenvalue weighted by Gasteiger charge is -2.23. The van der Waals surface area contributed by atoms with Crippen LogP contribution in [-0.2, 0) is 11.3 Å². The molecule has 0 saturated carbocycles. The fourth-order valence-electron chi connectivity index (χ4n) is 2.94. The van der Waals surface area contributed by atoms with Gasteiger partial charge < -0.3 is 10.2 Å². The zero-order valence-corrected chi connectivity index (χ0v) is 12.4. The summed E-state index contributed by atoms with van der Waals surface area (Å²) in [5.74, 6) is 0.219. The van der Waals surface area contributed by atoms with Gasteiger partial charge in [0.2, 0.25) is 5.91 Å². The van der Waals surface area contributed by atoms with Gasteiger partial charge >= 0.3 is 0 Å². The zero-order valence-electron chi connectivity index (χ0n) is 12.4. The first-order valence-electron chi connectivity index (χ1n) is 7.04. The van der Waals surface area contributed by atoms with E-state index in [9.17, 15) is 4.79 Å². The number of carbonyl (C=O) groups excluding carboxylic acids is 1. The number of hydrogen-bond acceptors (Lipinski definition) is 2. The van der Waals surface area contributed by atoms with Crippen LogP contribution in [-0.4, -0.2) is 30.4 Å². The summed E-state index contributed by atoms with van der Waals surface area (Å²) in [6.07, 6.45) is 2.07. The number of benzene rings is 1. The minimum absolute atomic E-state index is 0.0241. The van der Waals surface area contributed by atoms with Gasteiger partial charge in [0.25, 0.3) is 0 Å². The highest BCUT2D eigenvalue weighted by molar-refractivity contribution is 5.82. The summed E-state index contributed by atoms with van der Waals surface area (Å²) in [7, 11) is 1.90. The Morgan fingerprint density at radius 3 is 2.47 bits per heavy atom. The lowest BCUT2D eigenvalue weighted by atomic mass is 9.99. The number of amides is 1. The maximum absolute atomic E-state index is 12.3. The molecule has 1 unspecified atom stereocenters. The van der Waals surface area contributed by atoms with E-state index < -0.39 is 0 Å². The summed E-state index contributed by atoms with van der Waals surface area (Å²) in [5, 5.41) is 3.27. The Balaban J connectivity index is 2.10. The number of nitrogens with zero attached hydrogens (tertiary/aromatic N) is 1. The van der Waals surface area contributed by atoms with Crippen molar-refractivity contribution in [2.75, 3.05) is 13.6 Å². The van der Waals surface area contributed by atoms with Gasteiger partial charge in [-0.1, -0.05) is 17.7 Å². The largest absolute Gasteiger partial charge is 0.340 e. The van der Waals surface area contributed by atoms with Gasteiger partial charge in [0.05, 0.1) is 6.04 Å². The average molecular weight is 260 g/mol. The lowest BCUT2D eigenvalue weighted by Crippen LogP contribution is -2.41. The van der Waals surface area contributed by atoms with E-state index in [1.807, 2.05) is 11.9 Å². The van der Waals surface area contributed by atoms with Gasteiger partial charge in [-0.05, 0) is 56.8 Å². The highest BCUT2D eigenvalue weighted by atomic mass is 16.2.